The molecule has 26 heavy (non-hydrogen) atoms. The van der Waals surface area contributed by atoms with Crippen LogP contribution in [0.15, 0.2) is 29.2 Å². The quantitative estimate of drug-likeness (QED) is 0.757. The summed E-state index contributed by atoms with van der Waals surface area (Å²) in [5, 5.41) is 8.93. The number of carbonyl (C=O) groups excluding carboxylic acids is 1. The van der Waals surface area contributed by atoms with Crippen molar-refractivity contribution in [3.05, 3.63) is 30.1 Å². The molecular weight excluding hydrogens is 357 g/mol. The van der Waals surface area contributed by atoms with Gasteiger partial charge in [0, 0.05) is 32.1 Å². The Morgan fingerprint density at radius 3 is 2.54 bits per heavy atom. The fraction of sp³-hybridized carbons (Fsp3) is 0.556. The maximum absolute atomic E-state index is 13.9. The summed E-state index contributed by atoms with van der Waals surface area (Å²) in [6, 6.07) is 7.43. The maximum atomic E-state index is 13.9. The Bertz CT molecular complexity index is 783. The molecule has 1 atom stereocenters. The monoisotopic (exact) mass is 381 g/mol. The predicted octanol–water partition coefficient (Wildman–Crippen LogP) is 2.23. The number of piperidine rings is 1. The van der Waals surface area contributed by atoms with Gasteiger partial charge in [-0.2, -0.15) is 9.57 Å². The second-order valence-corrected chi connectivity index (χ2v) is 8.42. The molecule has 0 radical (unpaired) electrons. The molecule has 1 saturated heterocycles. The Kier molecular flexibility index (Phi) is 6.73. The molecule has 142 valence electrons. The third kappa shape index (κ3) is 4.40. The third-order valence-electron chi connectivity index (χ3n) is 4.67. The van der Waals surface area contributed by atoms with Crippen molar-refractivity contribution in [2.45, 2.75) is 31.6 Å². The van der Waals surface area contributed by atoms with Gasteiger partial charge in [-0.05, 0) is 38.8 Å². The summed E-state index contributed by atoms with van der Waals surface area (Å²) in [4.78, 5) is 14.0. The molecule has 6 nitrogen and oxygen atoms in total. The second-order valence-electron chi connectivity index (χ2n) is 6.52. The number of sulfonamides is 1. The molecule has 1 aliphatic heterocycles. The van der Waals surface area contributed by atoms with E-state index in [4.69, 9.17) is 5.26 Å². The summed E-state index contributed by atoms with van der Waals surface area (Å²) in [6.07, 6.45) is 0.786. The molecule has 8 heteroatoms. The lowest BCUT2D eigenvalue weighted by Crippen LogP contribution is -2.45. The molecule has 0 spiro atoms. The number of nitrogens with zero attached hydrogens (tertiary/aromatic N) is 3. The molecule has 1 aromatic carbocycles. The van der Waals surface area contributed by atoms with E-state index in [9.17, 15) is 17.6 Å². The molecule has 0 aliphatic carbocycles. The van der Waals surface area contributed by atoms with Gasteiger partial charge < -0.3 is 4.90 Å². The summed E-state index contributed by atoms with van der Waals surface area (Å²) >= 11 is 0. The van der Waals surface area contributed by atoms with Crippen molar-refractivity contribution in [3.63, 3.8) is 0 Å². The highest BCUT2D eigenvalue weighted by Crippen LogP contribution is 2.26. The van der Waals surface area contributed by atoms with Gasteiger partial charge in [0.1, 0.15) is 10.7 Å². The number of amides is 1. The summed E-state index contributed by atoms with van der Waals surface area (Å²) in [7, 11) is -3.90. The summed E-state index contributed by atoms with van der Waals surface area (Å²) in [6.45, 7) is 4.87. The minimum absolute atomic E-state index is 0.0439. The van der Waals surface area contributed by atoms with Crippen LogP contribution >= 0.6 is 0 Å². The van der Waals surface area contributed by atoms with E-state index < -0.39 is 15.8 Å². The SMILES string of the molecule is CCN(CC(C)C#N)C(=O)C1CCN(S(=O)(=O)c2ccccc2F)CC1. The lowest BCUT2D eigenvalue weighted by molar-refractivity contribution is -0.136. The molecular formula is C18H24FN3O3S. The molecule has 0 N–H and O–H groups in total. The van der Waals surface area contributed by atoms with Gasteiger partial charge in [0.25, 0.3) is 0 Å². The molecule has 0 bridgehead atoms. The van der Waals surface area contributed by atoms with E-state index in [0.29, 0.717) is 25.9 Å². The molecule has 0 aromatic heterocycles. The van der Waals surface area contributed by atoms with Crippen LogP contribution < -0.4 is 0 Å². The average molecular weight is 381 g/mol. The summed E-state index contributed by atoms with van der Waals surface area (Å²) in [5.74, 6) is -1.33. The molecule has 1 unspecified atom stereocenters. The minimum atomic E-state index is -3.90. The molecule has 1 heterocycles. The average Bonchev–Trinajstić information content (AvgIpc) is 2.65. The van der Waals surface area contributed by atoms with Gasteiger partial charge in [0.05, 0.1) is 12.0 Å². The van der Waals surface area contributed by atoms with Crippen LogP contribution in [0.3, 0.4) is 0 Å². The van der Waals surface area contributed by atoms with Crippen LogP contribution in [0.5, 0.6) is 0 Å². The maximum Gasteiger partial charge on any atom is 0.245 e. The standard InChI is InChI=1S/C18H24FN3O3S/c1-3-21(13-14(2)12-20)18(23)15-8-10-22(11-9-15)26(24,25)17-7-5-4-6-16(17)19/h4-7,14-15H,3,8-11,13H2,1-2H3. The Morgan fingerprint density at radius 2 is 2.00 bits per heavy atom. The van der Waals surface area contributed by atoms with Crippen molar-refractivity contribution in [2.24, 2.45) is 11.8 Å². The Hall–Kier alpha value is -1.98. The molecule has 2 rings (SSSR count). The zero-order valence-corrected chi connectivity index (χ0v) is 15.9. The Balaban J connectivity index is 2.03. The van der Waals surface area contributed by atoms with E-state index in [1.807, 2.05) is 6.92 Å². The van der Waals surface area contributed by atoms with Crippen molar-refractivity contribution in [2.75, 3.05) is 26.2 Å². The van der Waals surface area contributed by atoms with Crippen LogP contribution in [0.1, 0.15) is 26.7 Å². The van der Waals surface area contributed by atoms with E-state index in [1.165, 1.54) is 22.5 Å². The molecule has 0 saturated carbocycles. The molecule has 1 aromatic rings. The van der Waals surface area contributed by atoms with Gasteiger partial charge in [-0.15, -0.1) is 0 Å². The van der Waals surface area contributed by atoms with Crippen molar-refractivity contribution in [1.29, 1.82) is 5.26 Å². The predicted molar refractivity (Wildman–Crippen MR) is 94.9 cm³/mol. The van der Waals surface area contributed by atoms with Crippen molar-refractivity contribution >= 4 is 15.9 Å². The van der Waals surface area contributed by atoms with E-state index in [0.717, 1.165) is 6.07 Å². The highest BCUT2D eigenvalue weighted by atomic mass is 32.2. The first-order valence-corrected chi connectivity index (χ1v) is 10.2. The van der Waals surface area contributed by atoms with Crippen molar-refractivity contribution in [1.82, 2.24) is 9.21 Å². The first-order valence-electron chi connectivity index (χ1n) is 8.74. The smallest absolute Gasteiger partial charge is 0.245 e. The van der Waals surface area contributed by atoms with Crippen LogP contribution in [-0.4, -0.2) is 49.7 Å². The summed E-state index contributed by atoms with van der Waals surface area (Å²) < 4.78 is 40.3. The number of hydrogen-bond donors (Lipinski definition) is 0. The van der Waals surface area contributed by atoms with E-state index in [-0.39, 0.29) is 35.7 Å². The van der Waals surface area contributed by atoms with E-state index in [2.05, 4.69) is 6.07 Å². The van der Waals surface area contributed by atoms with Gasteiger partial charge in [-0.1, -0.05) is 12.1 Å². The Labute approximate surface area is 154 Å². The van der Waals surface area contributed by atoms with Crippen LogP contribution in [0.2, 0.25) is 0 Å². The number of carbonyl (C=O) groups is 1. The first-order chi connectivity index (χ1) is 12.3. The fourth-order valence-electron chi connectivity index (χ4n) is 3.14. The van der Waals surface area contributed by atoms with Crippen molar-refractivity contribution < 1.29 is 17.6 Å². The van der Waals surface area contributed by atoms with Crippen LogP contribution in [-0.2, 0) is 14.8 Å². The molecule has 1 amide bonds. The lowest BCUT2D eigenvalue weighted by atomic mass is 9.96. The molecule has 1 fully saturated rings. The zero-order chi connectivity index (χ0) is 19.3. The highest BCUT2D eigenvalue weighted by Gasteiger charge is 2.34. The number of hydrogen-bond acceptors (Lipinski definition) is 4. The topological polar surface area (TPSA) is 81.5 Å². The zero-order valence-electron chi connectivity index (χ0n) is 15.1. The largest absolute Gasteiger partial charge is 0.341 e. The number of nitriles is 1. The number of rotatable bonds is 6. The van der Waals surface area contributed by atoms with Gasteiger partial charge >= 0.3 is 0 Å². The fourth-order valence-corrected chi connectivity index (χ4v) is 4.68. The normalized spacial score (nSPS) is 17.5. The third-order valence-corrected chi connectivity index (χ3v) is 6.60. The van der Waals surface area contributed by atoms with Gasteiger partial charge in [-0.3, -0.25) is 4.79 Å². The number of halogens is 1. The van der Waals surface area contributed by atoms with E-state index in [1.54, 1.807) is 11.8 Å². The Morgan fingerprint density at radius 1 is 1.38 bits per heavy atom. The minimum Gasteiger partial charge on any atom is -0.341 e. The van der Waals surface area contributed by atoms with Gasteiger partial charge in [-0.25, -0.2) is 12.8 Å². The van der Waals surface area contributed by atoms with Crippen LogP contribution in [0.25, 0.3) is 0 Å². The molecule has 1 aliphatic rings. The highest BCUT2D eigenvalue weighted by molar-refractivity contribution is 7.89. The van der Waals surface area contributed by atoms with E-state index >= 15 is 0 Å². The number of benzene rings is 1. The summed E-state index contributed by atoms with van der Waals surface area (Å²) in [5.41, 5.74) is 0. The van der Waals surface area contributed by atoms with Gasteiger partial charge in [0.15, 0.2) is 0 Å². The van der Waals surface area contributed by atoms with Crippen LogP contribution in [0, 0.1) is 29.0 Å². The van der Waals surface area contributed by atoms with Crippen LogP contribution in [0.4, 0.5) is 4.39 Å². The second kappa shape index (κ2) is 8.60. The first kappa shape index (κ1) is 20.3. The van der Waals surface area contributed by atoms with Crippen molar-refractivity contribution in [3.8, 4) is 6.07 Å². The lowest BCUT2D eigenvalue weighted by Gasteiger charge is -2.33. The van der Waals surface area contributed by atoms with Gasteiger partial charge in [0.2, 0.25) is 15.9 Å².